The lowest BCUT2D eigenvalue weighted by atomic mass is 10.2. The van der Waals surface area contributed by atoms with Crippen LogP contribution in [0.2, 0.25) is 0 Å². The molecule has 0 spiro atoms. The van der Waals surface area contributed by atoms with Crippen LogP contribution in [0.1, 0.15) is 25.3 Å². The van der Waals surface area contributed by atoms with Crippen molar-refractivity contribution in [1.29, 1.82) is 0 Å². The van der Waals surface area contributed by atoms with Crippen LogP contribution < -0.4 is 16.0 Å². The highest BCUT2D eigenvalue weighted by Crippen LogP contribution is 2.10. The van der Waals surface area contributed by atoms with Crippen LogP contribution in [0.3, 0.4) is 0 Å². The maximum absolute atomic E-state index is 11.5. The van der Waals surface area contributed by atoms with Gasteiger partial charge in [0, 0.05) is 18.8 Å². The van der Waals surface area contributed by atoms with Gasteiger partial charge in [0.25, 0.3) is 0 Å². The summed E-state index contributed by atoms with van der Waals surface area (Å²) in [6.07, 6.45) is 2.09. The number of carbonyl (C=O) groups is 1. The zero-order valence-electron chi connectivity index (χ0n) is 10.5. The van der Waals surface area contributed by atoms with Crippen molar-refractivity contribution in [2.24, 2.45) is 0 Å². The number of nitrogens with one attached hydrogen (secondary N) is 3. The monoisotopic (exact) mass is 235 g/mol. The first-order valence-electron chi connectivity index (χ1n) is 6.04. The van der Waals surface area contributed by atoms with Gasteiger partial charge in [0.2, 0.25) is 0 Å². The molecule has 94 valence electrons. The van der Waals surface area contributed by atoms with E-state index in [-0.39, 0.29) is 6.03 Å². The van der Waals surface area contributed by atoms with Gasteiger partial charge in [-0.05, 0) is 31.2 Å². The first kappa shape index (κ1) is 13.5. The van der Waals surface area contributed by atoms with Crippen LogP contribution in [0.25, 0.3) is 0 Å². The summed E-state index contributed by atoms with van der Waals surface area (Å²) >= 11 is 0. The smallest absolute Gasteiger partial charge is 0.319 e. The van der Waals surface area contributed by atoms with Crippen molar-refractivity contribution >= 4 is 11.7 Å². The molecule has 4 nitrogen and oxygen atoms in total. The topological polar surface area (TPSA) is 53.2 Å². The fraction of sp³-hybridized carbons (Fsp3) is 0.462. The minimum Gasteiger partial charge on any atom is -0.338 e. The predicted octanol–water partition coefficient (Wildman–Crippen LogP) is 2.33. The van der Waals surface area contributed by atoms with E-state index >= 15 is 0 Å². The van der Waals surface area contributed by atoms with E-state index in [2.05, 4.69) is 22.9 Å². The lowest BCUT2D eigenvalue weighted by molar-refractivity contribution is 0.252. The fourth-order valence-electron chi connectivity index (χ4n) is 1.52. The van der Waals surface area contributed by atoms with Gasteiger partial charge in [-0.15, -0.1) is 0 Å². The van der Waals surface area contributed by atoms with Gasteiger partial charge in [0.15, 0.2) is 0 Å². The van der Waals surface area contributed by atoms with E-state index in [9.17, 15) is 4.79 Å². The summed E-state index contributed by atoms with van der Waals surface area (Å²) in [5, 5.41) is 8.72. The largest absolute Gasteiger partial charge is 0.338 e. The molecule has 3 N–H and O–H groups in total. The first-order valence-corrected chi connectivity index (χ1v) is 6.04. The Morgan fingerprint density at radius 1 is 1.35 bits per heavy atom. The van der Waals surface area contributed by atoms with E-state index in [4.69, 9.17) is 0 Å². The van der Waals surface area contributed by atoms with Gasteiger partial charge >= 0.3 is 6.03 Å². The zero-order chi connectivity index (χ0) is 12.5. The van der Waals surface area contributed by atoms with Crippen LogP contribution in [0.15, 0.2) is 24.3 Å². The van der Waals surface area contributed by atoms with Gasteiger partial charge in [0.05, 0.1) is 0 Å². The second kappa shape index (κ2) is 7.68. The van der Waals surface area contributed by atoms with Crippen molar-refractivity contribution in [2.75, 3.05) is 18.9 Å². The molecule has 0 saturated carbocycles. The van der Waals surface area contributed by atoms with E-state index in [0.717, 1.165) is 37.2 Å². The Kier molecular flexibility index (Phi) is 6.10. The number of hydrogen-bond acceptors (Lipinski definition) is 2. The Bertz CT molecular complexity index is 352. The Morgan fingerprint density at radius 2 is 2.18 bits per heavy atom. The van der Waals surface area contributed by atoms with Gasteiger partial charge in [-0.25, -0.2) is 4.79 Å². The molecular weight excluding hydrogens is 214 g/mol. The first-order chi connectivity index (χ1) is 8.26. The molecule has 0 radical (unpaired) electrons. The van der Waals surface area contributed by atoms with Crippen LogP contribution in [0.5, 0.6) is 0 Å². The van der Waals surface area contributed by atoms with E-state index in [1.54, 1.807) is 0 Å². The number of amides is 2. The number of rotatable bonds is 6. The molecule has 1 aromatic carbocycles. The second-order valence-electron chi connectivity index (χ2n) is 3.97. The molecule has 0 saturated heterocycles. The molecule has 0 heterocycles. The summed E-state index contributed by atoms with van der Waals surface area (Å²) in [6.45, 7) is 3.62. The molecular formula is C13H21N3O. The van der Waals surface area contributed by atoms with Crippen LogP contribution in [0.4, 0.5) is 10.5 Å². The van der Waals surface area contributed by atoms with Gasteiger partial charge in [0.1, 0.15) is 0 Å². The summed E-state index contributed by atoms with van der Waals surface area (Å²) in [4.78, 5) is 11.5. The van der Waals surface area contributed by atoms with Crippen molar-refractivity contribution in [3.63, 3.8) is 0 Å². The van der Waals surface area contributed by atoms with Gasteiger partial charge in [-0.2, -0.15) is 0 Å². The van der Waals surface area contributed by atoms with Crippen molar-refractivity contribution in [2.45, 2.75) is 26.3 Å². The van der Waals surface area contributed by atoms with E-state index < -0.39 is 0 Å². The highest BCUT2D eigenvalue weighted by atomic mass is 16.2. The van der Waals surface area contributed by atoms with Crippen LogP contribution >= 0.6 is 0 Å². The molecule has 0 unspecified atom stereocenters. The molecule has 0 aliphatic heterocycles. The Morgan fingerprint density at radius 3 is 2.88 bits per heavy atom. The summed E-state index contributed by atoms with van der Waals surface area (Å²) < 4.78 is 0. The number of unbranched alkanes of at least 4 members (excludes halogenated alkanes) is 1. The quantitative estimate of drug-likeness (QED) is 0.663. The van der Waals surface area contributed by atoms with E-state index in [0.29, 0.717) is 0 Å². The Hall–Kier alpha value is -1.55. The number of carbonyl (C=O) groups excluding carboxylic acids is 1. The number of anilines is 1. The van der Waals surface area contributed by atoms with Crippen molar-refractivity contribution in [3.05, 3.63) is 29.8 Å². The average molecular weight is 235 g/mol. The molecule has 0 bridgehead atoms. The third-order valence-electron chi connectivity index (χ3n) is 2.38. The lowest BCUT2D eigenvalue weighted by Gasteiger charge is -2.08. The summed E-state index contributed by atoms with van der Waals surface area (Å²) in [5.41, 5.74) is 1.98. The molecule has 0 aliphatic rings. The van der Waals surface area contributed by atoms with Gasteiger partial charge in [-0.1, -0.05) is 25.5 Å². The maximum Gasteiger partial charge on any atom is 0.319 e. The van der Waals surface area contributed by atoms with Crippen LogP contribution in [0, 0.1) is 0 Å². The molecule has 0 fully saturated rings. The number of benzene rings is 1. The van der Waals surface area contributed by atoms with Crippen molar-refractivity contribution < 1.29 is 4.79 Å². The Balaban J connectivity index is 2.44. The minimum atomic E-state index is -0.139. The lowest BCUT2D eigenvalue weighted by Crippen LogP contribution is -2.29. The highest BCUT2D eigenvalue weighted by Gasteiger charge is 2.01. The molecule has 4 heteroatoms. The molecule has 2 amide bonds. The van der Waals surface area contributed by atoms with Gasteiger partial charge in [-0.3, -0.25) is 0 Å². The molecule has 1 rings (SSSR count). The van der Waals surface area contributed by atoms with Crippen LogP contribution in [-0.4, -0.2) is 19.6 Å². The summed E-state index contributed by atoms with van der Waals surface area (Å²) in [6, 6.07) is 7.68. The van der Waals surface area contributed by atoms with E-state index in [1.165, 1.54) is 0 Å². The number of urea groups is 1. The molecule has 0 atom stereocenters. The molecule has 0 aromatic heterocycles. The Labute approximate surface area is 103 Å². The predicted molar refractivity (Wildman–Crippen MR) is 71.1 cm³/mol. The minimum absolute atomic E-state index is 0.139. The number of hydrogen-bond donors (Lipinski definition) is 3. The van der Waals surface area contributed by atoms with Gasteiger partial charge < -0.3 is 16.0 Å². The maximum atomic E-state index is 11.5. The SMILES string of the molecule is CCCCNC(=O)Nc1cccc(CNC)c1. The summed E-state index contributed by atoms with van der Waals surface area (Å²) in [5.74, 6) is 0. The molecule has 1 aromatic rings. The van der Waals surface area contributed by atoms with E-state index in [1.807, 2.05) is 31.3 Å². The summed E-state index contributed by atoms with van der Waals surface area (Å²) in [7, 11) is 1.90. The second-order valence-corrected chi connectivity index (χ2v) is 3.97. The average Bonchev–Trinajstić information content (AvgIpc) is 2.30. The third-order valence-corrected chi connectivity index (χ3v) is 2.38. The standard InChI is InChI=1S/C13H21N3O/c1-3-4-8-15-13(17)16-12-7-5-6-11(9-12)10-14-2/h5-7,9,14H,3-4,8,10H2,1-2H3,(H2,15,16,17). The normalized spacial score (nSPS) is 10.0. The zero-order valence-corrected chi connectivity index (χ0v) is 10.5. The molecule has 17 heavy (non-hydrogen) atoms. The van der Waals surface area contributed by atoms with Crippen LogP contribution in [-0.2, 0) is 6.54 Å². The van der Waals surface area contributed by atoms with Crippen molar-refractivity contribution in [1.82, 2.24) is 10.6 Å². The highest BCUT2D eigenvalue weighted by molar-refractivity contribution is 5.89. The fourth-order valence-corrected chi connectivity index (χ4v) is 1.52. The van der Waals surface area contributed by atoms with Crippen molar-refractivity contribution in [3.8, 4) is 0 Å². The molecule has 0 aliphatic carbocycles. The third kappa shape index (κ3) is 5.36.